The Morgan fingerprint density at radius 2 is 2.04 bits per heavy atom. The molecule has 3 unspecified atom stereocenters. The minimum atomic E-state index is -1.13. The molecule has 1 rings (SSSR count). The van der Waals surface area contributed by atoms with E-state index in [1.54, 1.807) is 0 Å². The molecule has 0 aromatic rings. The van der Waals surface area contributed by atoms with Crippen LogP contribution in [0.25, 0.3) is 0 Å². The zero-order chi connectivity index (χ0) is 17.4. The fourth-order valence-corrected chi connectivity index (χ4v) is 3.59. The van der Waals surface area contributed by atoms with E-state index in [-0.39, 0.29) is 35.9 Å². The quantitative estimate of drug-likeness (QED) is 0.388. The molecule has 0 aromatic heterocycles. The topological polar surface area (TPSA) is 130 Å². The van der Waals surface area contributed by atoms with Crippen LogP contribution in [0.5, 0.6) is 0 Å². The number of unbranched alkanes of at least 4 members (excludes halogenated alkanes) is 1. The summed E-state index contributed by atoms with van der Waals surface area (Å²) in [5, 5.41) is 19.8. The summed E-state index contributed by atoms with van der Waals surface area (Å²) in [6.45, 7) is 1.24. The monoisotopic (exact) mass is 347 g/mol. The first-order valence-electron chi connectivity index (χ1n) is 7.32. The van der Waals surface area contributed by atoms with Crippen molar-refractivity contribution in [2.75, 3.05) is 5.75 Å². The molecule has 23 heavy (non-hydrogen) atoms. The van der Waals surface area contributed by atoms with Gasteiger partial charge in [0, 0.05) is 19.1 Å². The molecule has 0 bridgehead atoms. The number of carbonyl (C=O) groups is 4. The lowest BCUT2D eigenvalue weighted by Gasteiger charge is -2.19. The Hall–Kier alpha value is -1.77. The fraction of sp³-hybridized carbons (Fsp3) is 0.714. The number of nitrogens with one attached hydrogen (secondary N) is 1. The standard InChI is InChI=1S/C14H21NO7S/c1-8(16)15-9(14(20)21)7-23-11-6-13(19)22-10(11)4-2-3-5-12(17)18/h9-11H,2-7H2,1H3,(H,15,16)(H,17,18)(H,20,21). The number of hydrogen-bond acceptors (Lipinski definition) is 6. The summed E-state index contributed by atoms with van der Waals surface area (Å²) in [5.74, 6) is -2.61. The van der Waals surface area contributed by atoms with Crippen molar-refractivity contribution < 1.29 is 34.1 Å². The first kappa shape index (κ1) is 19.3. The molecule has 1 heterocycles. The highest BCUT2D eigenvalue weighted by atomic mass is 32.2. The highest BCUT2D eigenvalue weighted by Gasteiger charge is 2.35. The van der Waals surface area contributed by atoms with Gasteiger partial charge in [-0.1, -0.05) is 0 Å². The Kier molecular flexibility index (Phi) is 7.87. The van der Waals surface area contributed by atoms with Gasteiger partial charge in [0.05, 0.1) is 11.7 Å². The number of esters is 1. The molecular weight excluding hydrogens is 326 g/mol. The van der Waals surface area contributed by atoms with Crippen LogP contribution in [0.2, 0.25) is 0 Å². The molecule has 8 nitrogen and oxygen atoms in total. The molecule has 9 heteroatoms. The summed E-state index contributed by atoms with van der Waals surface area (Å²) in [5.41, 5.74) is 0. The molecule has 0 spiro atoms. The first-order valence-corrected chi connectivity index (χ1v) is 8.37. The van der Waals surface area contributed by atoms with Crippen molar-refractivity contribution in [1.29, 1.82) is 0 Å². The van der Waals surface area contributed by atoms with Crippen LogP contribution in [0.1, 0.15) is 39.0 Å². The molecule has 3 atom stereocenters. The fourth-order valence-electron chi connectivity index (χ4n) is 2.26. The van der Waals surface area contributed by atoms with Crippen LogP contribution < -0.4 is 5.32 Å². The maximum absolute atomic E-state index is 11.4. The third kappa shape index (κ3) is 7.36. The lowest BCUT2D eigenvalue weighted by molar-refractivity contribution is -0.142. The SMILES string of the molecule is CC(=O)NC(CSC1CC(=O)OC1CCCCC(=O)O)C(=O)O. The molecule has 3 N–H and O–H groups in total. The summed E-state index contributed by atoms with van der Waals surface area (Å²) in [7, 11) is 0. The second kappa shape index (κ2) is 9.39. The van der Waals surface area contributed by atoms with E-state index < -0.39 is 23.9 Å². The van der Waals surface area contributed by atoms with Crippen LogP contribution in [0.3, 0.4) is 0 Å². The smallest absolute Gasteiger partial charge is 0.327 e. The summed E-state index contributed by atoms with van der Waals surface area (Å²) >= 11 is 1.28. The normalized spacial score (nSPS) is 21.5. The summed E-state index contributed by atoms with van der Waals surface area (Å²) in [4.78, 5) is 44.0. The molecule has 130 valence electrons. The predicted octanol–water partition coefficient (Wildman–Crippen LogP) is 0.638. The maximum Gasteiger partial charge on any atom is 0.327 e. The van der Waals surface area contributed by atoms with Gasteiger partial charge in [-0.3, -0.25) is 14.4 Å². The molecule has 1 aliphatic rings. The van der Waals surface area contributed by atoms with E-state index in [0.29, 0.717) is 19.3 Å². The number of cyclic esters (lactones) is 1. The number of carbonyl (C=O) groups excluding carboxylic acids is 2. The summed E-state index contributed by atoms with van der Waals surface area (Å²) in [6, 6.07) is -1.01. The molecule has 0 radical (unpaired) electrons. The highest BCUT2D eigenvalue weighted by molar-refractivity contribution is 8.00. The number of aliphatic carboxylic acids is 2. The van der Waals surface area contributed by atoms with Gasteiger partial charge in [-0.25, -0.2) is 4.79 Å². The van der Waals surface area contributed by atoms with Crippen LogP contribution in [-0.4, -0.2) is 57.2 Å². The lowest BCUT2D eigenvalue weighted by Crippen LogP contribution is -2.42. The van der Waals surface area contributed by atoms with Crippen LogP contribution in [0.15, 0.2) is 0 Å². The van der Waals surface area contributed by atoms with Crippen LogP contribution in [0, 0.1) is 0 Å². The minimum Gasteiger partial charge on any atom is -0.481 e. The molecule has 1 aliphatic heterocycles. The maximum atomic E-state index is 11.4. The minimum absolute atomic E-state index is 0.0715. The van der Waals surface area contributed by atoms with E-state index in [4.69, 9.17) is 14.9 Å². The molecule has 1 saturated heterocycles. The van der Waals surface area contributed by atoms with Gasteiger partial charge >= 0.3 is 17.9 Å². The van der Waals surface area contributed by atoms with Crippen molar-refractivity contribution in [3.63, 3.8) is 0 Å². The van der Waals surface area contributed by atoms with Crippen molar-refractivity contribution in [2.45, 2.75) is 56.4 Å². The van der Waals surface area contributed by atoms with Crippen molar-refractivity contribution in [2.24, 2.45) is 0 Å². The zero-order valence-electron chi connectivity index (χ0n) is 12.8. The predicted molar refractivity (Wildman–Crippen MR) is 82.1 cm³/mol. The second-order valence-corrected chi connectivity index (χ2v) is 6.61. The third-order valence-corrected chi connectivity index (χ3v) is 4.77. The molecular formula is C14H21NO7S. The van der Waals surface area contributed by atoms with Gasteiger partial charge in [-0.15, -0.1) is 0 Å². The lowest BCUT2D eigenvalue weighted by atomic mass is 10.1. The van der Waals surface area contributed by atoms with E-state index in [1.165, 1.54) is 18.7 Å². The molecule has 0 aromatic carbocycles. The Bertz CT molecular complexity index is 468. The number of ether oxygens (including phenoxy) is 1. The van der Waals surface area contributed by atoms with Gasteiger partial charge in [0.25, 0.3) is 0 Å². The molecule has 0 aliphatic carbocycles. The Balaban J connectivity index is 2.45. The van der Waals surface area contributed by atoms with Crippen molar-refractivity contribution in [3.8, 4) is 0 Å². The van der Waals surface area contributed by atoms with Crippen LogP contribution in [-0.2, 0) is 23.9 Å². The van der Waals surface area contributed by atoms with Gasteiger partial charge in [-0.2, -0.15) is 11.8 Å². The van der Waals surface area contributed by atoms with Gasteiger partial charge in [0.15, 0.2) is 0 Å². The molecule has 0 saturated carbocycles. The Morgan fingerprint density at radius 3 is 2.61 bits per heavy atom. The van der Waals surface area contributed by atoms with E-state index in [2.05, 4.69) is 5.32 Å². The van der Waals surface area contributed by atoms with Gasteiger partial charge < -0.3 is 20.3 Å². The summed E-state index contributed by atoms with van der Waals surface area (Å²) in [6.07, 6.45) is 1.60. The van der Waals surface area contributed by atoms with Crippen molar-refractivity contribution in [1.82, 2.24) is 5.32 Å². The van der Waals surface area contributed by atoms with E-state index >= 15 is 0 Å². The summed E-state index contributed by atoms with van der Waals surface area (Å²) < 4.78 is 5.21. The average molecular weight is 347 g/mol. The first-order chi connectivity index (χ1) is 10.8. The zero-order valence-corrected chi connectivity index (χ0v) is 13.6. The third-order valence-electron chi connectivity index (χ3n) is 3.35. The van der Waals surface area contributed by atoms with Gasteiger partial charge in [-0.05, 0) is 19.3 Å². The van der Waals surface area contributed by atoms with Crippen LogP contribution >= 0.6 is 11.8 Å². The van der Waals surface area contributed by atoms with E-state index in [0.717, 1.165) is 0 Å². The molecule has 1 fully saturated rings. The average Bonchev–Trinajstić information content (AvgIpc) is 2.79. The molecule has 1 amide bonds. The van der Waals surface area contributed by atoms with Crippen molar-refractivity contribution >= 4 is 35.6 Å². The Morgan fingerprint density at radius 1 is 1.35 bits per heavy atom. The number of amides is 1. The van der Waals surface area contributed by atoms with Crippen molar-refractivity contribution in [3.05, 3.63) is 0 Å². The van der Waals surface area contributed by atoms with Gasteiger partial charge in [0.2, 0.25) is 5.91 Å². The largest absolute Gasteiger partial charge is 0.481 e. The number of carboxylic acid groups (broad SMARTS) is 2. The van der Waals surface area contributed by atoms with Crippen LogP contribution in [0.4, 0.5) is 0 Å². The van der Waals surface area contributed by atoms with Gasteiger partial charge in [0.1, 0.15) is 12.1 Å². The second-order valence-electron chi connectivity index (χ2n) is 5.34. The number of rotatable bonds is 10. The Labute approximate surface area is 137 Å². The number of thioether (sulfide) groups is 1. The highest BCUT2D eigenvalue weighted by Crippen LogP contribution is 2.31. The van der Waals surface area contributed by atoms with E-state index in [9.17, 15) is 19.2 Å². The number of hydrogen-bond donors (Lipinski definition) is 3. The number of carboxylic acids is 2. The van der Waals surface area contributed by atoms with E-state index in [1.807, 2.05) is 0 Å².